The van der Waals surface area contributed by atoms with Crippen molar-refractivity contribution in [3.8, 4) is 0 Å². The highest BCUT2D eigenvalue weighted by Gasteiger charge is 2.26. The standard InChI is InChI=1S/C19H21ClN2O2S2/c1-3-24-18(23)16-13-6-4-5-7-15(13)26-17(16)22-19(25)21-12-9-8-11(2)14(20)10-12/h8-10H,3-7H2,1-2H3,(H2,21,22,25). The van der Waals surface area contributed by atoms with E-state index in [1.54, 1.807) is 11.3 Å². The zero-order valence-electron chi connectivity index (χ0n) is 14.8. The van der Waals surface area contributed by atoms with Gasteiger partial charge in [-0.1, -0.05) is 17.7 Å². The minimum Gasteiger partial charge on any atom is -0.462 e. The van der Waals surface area contributed by atoms with E-state index in [4.69, 9.17) is 28.6 Å². The van der Waals surface area contributed by atoms with Gasteiger partial charge in [-0.25, -0.2) is 4.79 Å². The fourth-order valence-electron chi connectivity index (χ4n) is 3.01. The summed E-state index contributed by atoms with van der Waals surface area (Å²) in [5.74, 6) is -0.282. The molecule has 1 aliphatic rings. The first-order chi connectivity index (χ1) is 12.5. The topological polar surface area (TPSA) is 50.4 Å². The van der Waals surface area contributed by atoms with Crippen LogP contribution in [0.2, 0.25) is 5.02 Å². The summed E-state index contributed by atoms with van der Waals surface area (Å²) in [6.07, 6.45) is 4.16. The average molecular weight is 409 g/mol. The molecule has 0 radical (unpaired) electrons. The fraction of sp³-hybridized carbons (Fsp3) is 0.368. The van der Waals surface area contributed by atoms with E-state index in [0.717, 1.165) is 47.5 Å². The number of esters is 1. The molecular weight excluding hydrogens is 388 g/mol. The quantitative estimate of drug-likeness (QED) is 0.511. The van der Waals surface area contributed by atoms with E-state index in [0.29, 0.717) is 22.3 Å². The van der Waals surface area contributed by atoms with E-state index in [2.05, 4.69) is 10.6 Å². The van der Waals surface area contributed by atoms with Crippen LogP contribution in [0.4, 0.5) is 10.7 Å². The molecule has 0 fully saturated rings. The van der Waals surface area contributed by atoms with Gasteiger partial charge in [-0.15, -0.1) is 11.3 Å². The van der Waals surface area contributed by atoms with Crippen LogP contribution in [0.3, 0.4) is 0 Å². The van der Waals surface area contributed by atoms with Gasteiger partial charge in [0.2, 0.25) is 0 Å². The van der Waals surface area contributed by atoms with Gasteiger partial charge >= 0.3 is 5.97 Å². The monoisotopic (exact) mass is 408 g/mol. The van der Waals surface area contributed by atoms with Crippen molar-refractivity contribution < 1.29 is 9.53 Å². The first-order valence-electron chi connectivity index (χ1n) is 8.65. The van der Waals surface area contributed by atoms with Crippen LogP contribution in [0.25, 0.3) is 0 Å². The van der Waals surface area contributed by atoms with Gasteiger partial charge in [-0.3, -0.25) is 0 Å². The van der Waals surface area contributed by atoms with E-state index in [1.165, 1.54) is 4.88 Å². The van der Waals surface area contributed by atoms with Crippen molar-refractivity contribution in [1.29, 1.82) is 0 Å². The number of hydrogen-bond donors (Lipinski definition) is 2. The highest BCUT2D eigenvalue weighted by Crippen LogP contribution is 2.38. The Kier molecular flexibility index (Phi) is 6.16. The Morgan fingerprint density at radius 1 is 1.31 bits per heavy atom. The summed E-state index contributed by atoms with van der Waals surface area (Å²) < 4.78 is 5.27. The largest absolute Gasteiger partial charge is 0.462 e. The van der Waals surface area contributed by atoms with Crippen molar-refractivity contribution in [1.82, 2.24) is 0 Å². The molecule has 138 valence electrons. The van der Waals surface area contributed by atoms with Gasteiger partial charge in [0.1, 0.15) is 5.00 Å². The van der Waals surface area contributed by atoms with Crippen LogP contribution in [0.5, 0.6) is 0 Å². The number of rotatable bonds is 4. The molecular formula is C19H21ClN2O2S2. The van der Waals surface area contributed by atoms with Gasteiger partial charge in [0.15, 0.2) is 5.11 Å². The zero-order valence-corrected chi connectivity index (χ0v) is 17.2. The van der Waals surface area contributed by atoms with Crippen LogP contribution in [0.1, 0.15) is 46.1 Å². The van der Waals surface area contributed by atoms with Crippen LogP contribution in [-0.2, 0) is 17.6 Å². The highest BCUT2D eigenvalue weighted by molar-refractivity contribution is 7.80. The Balaban J connectivity index is 1.81. The Bertz CT molecular complexity index is 848. The van der Waals surface area contributed by atoms with Crippen molar-refractivity contribution in [3.63, 3.8) is 0 Å². The lowest BCUT2D eigenvalue weighted by molar-refractivity contribution is 0.0526. The number of carbonyl (C=O) groups is 1. The molecule has 4 nitrogen and oxygen atoms in total. The van der Waals surface area contributed by atoms with Gasteiger partial charge in [0, 0.05) is 15.6 Å². The second kappa shape index (κ2) is 8.37. The van der Waals surface area contributed by atoms with Crippen LogP contribution in [0, 0.1) is 6.92 Å². The smallest absolute Gasteiger partial charge is 0.341 e. The van der Waals surface area contributed by atoms with Crippen molar-refractivity contribution in [2.24, 2.45) is 0 Å². The SMILES string of the molecule is CCOC(=O)c1c(NC(=S)Nc2ccc(C)c(Cl)c2)sc2c1CCCC2. The average Bonchev–Trinajstić information content (AvgIpc) is 2.96. The number of aryl methyl sites for hydroxylation is 2. The maximum atomic E-state index is 12.5. The third-order valence-electron chi connectivity index (χ3n) is 4.31. The summed E-state index contributed by atoms with van der Waals surface area (Å²) in [5.41, 5.74) is 3.56. The zero-order chi connectivity index (χ0) is 18.7. The molecule has 0 aliphatic heterocycles. The summed E-state index contributed by atoms with van der Waals surface area (Å²) in [6, 6.07) is 5.68. The van der Waals surface area contributed by atoms with E-state index in [-0.39, 0.29) is 5.97 Å². The van der Waals surface area contributed by atoms with E-state index >= 15 is 0 Å². The molecule has 0 bridgehead atoms. The molecule has 0 unspecified atom stereocenters. The number of benzene rings is 1. The normalized spacial score (nSPS) is 13.0. The maximum absolute atomic E-state index is 12.5. The molecule has 0 saturated carbocycles. The first kappa shape index (κ1) is 19.1. The minimum atomic E-state index is -0.282. The molecule has 1 heterocycles. The van der Waals surface area contributed by atoms with Crippen LogP contribution in [0.15, 0.2) is 18.2 Å². The summed E-state index contributed by atoms with van der Waals surface area (Å²) >= 11 is 13.2. The van der Waals surface area contributed by atoms with E-state index < -0.39 is 0 Å². The molecule has 0 amide bonds. The minimum absolute atomic E-state index is 0.282. The molecule has 7 heteroatoms. The van der Waals surface area contributed by atoms with Crippen molar-refractivity contribution in [2.45, 2.75) is 39.5 Å². The molecule has 1 aromatic carbocycles. The van der Waals surface area contributed by atoms with Gasteiger partial charge in [-0.05, 0) is 75.0 Å². The maximum Gasteiger partial charge on any atom is 0.341 e. The molecule has 0 spiro atoms. The van der Waals surface area contributed by atoms with Gasteiger partial charge < -0.3 is 15.4 Å². The number of halogens is 1. The first-order valence-corrected chi connectivity index (χ1v) is 10.3. The third-order valence-corrected chi connectivity index (χ3v) is 6.13. The molecule has 0 atom stereocenters. The summed E-state index contributed by atoms with van der Waals surface area (Å²) in [7, 11) is 0. The Morgan fingerprint density at radius 3 is 2.81 bits per heavy atom. The number of ether oxygens (including phenoxy) is 1. The lowest BCUT2D eigenvalue weighted by Crippen LogP contribution is -2.20. The van der Waals surface area contributed by atoms with Crippen LogP contribution < -0.4 is 10.6 Å². The van der Waals surface area contributed by atoms with Gasteiger partial charge in [-0.2, -0.15) is 0 Å². The molecule has 1 aliphatic carbocycles. The second-order valence-electron chi connectivity index (χ2n) is 6.18. The third kappa shape index (κ3) is 4.19. The predicted octanol–water partition coefficient (Wildman–Crippen LogP) is 5.57. The predicted molar refractivity (Wildman–Crippen MR) is 113 cm³/mol. The van der Waals surface area contributed by atoms with Crippen LogP contribution in [-0.4, -0.2) is 17.7 Å². The number of carbonyl (C=O) groups excluding carboxylic acids is 1. The number of thiocarbonyl (C=S) groups is 1. The number of anilines is 2. The van der Waals surface area contributed by atoms with E-state index in [9.17, 15) is 4.79 Å². The Labute approximate surface area is 167 Å². The number of nitrogens with one attached hydrogen (secondary N) is 2. The number of fused-ring (bicyclic) bond motifs is 1. The van der Waals surface area contributed by atoms with Crippen molar-refractivity contribution >= 4 is 56.9 Å². The Hall–Kier alpha value is -1.63. The molecule has 0 saturated heterocycles. The number of thiophene rings is 1. The van der Waals surface area contributed by atoms with E-state index in [1.807, 2.05) is 32.0 Å². The molecule has 1 aromatic heterocycles. The molecule has 2 N–H and O–H groups in total. The summed E-state index contributed by atoms with van der Waals surface area (Å²) in [6.45, 7) is 4.12. The van der Waals surface area contributed by atoms with Crippen molar-refractivity contribution in [3.05, 3.63) is 44.8 Å². The Morgan fingerprint density at radius 2 is 2.08 bits per heavy atom. The number of hydrogen-bond acceptors (Lipinski definition) is 4. The highest BCUT2D eigenvalue weighted by atomic mass is 35.5. The second-order valence-corrected chi connectivity index (χ2v) is 8.10. The lowest BCUT2D eigenvalue weighted by Gasteiger charge is -2.13. The van der Waals surface area contributed by atoms with Crippen molar-refractivity contribution in [2.75, 3.05) is 17.2 Å². The summed E-state index contributed by atoms with van der Waals surface area (Å²) in [5, 5.41) is 8.17. The van der Waals surface area contributed by atoms with Crippen LogP contribution >= 0.6 is 35.2 Å². The molecule has 3 rings (SSSR count). The summed E-state index contributed by atoms with van der Waals surface area (Å²) in [4.78, 5) is 13.7. The molecule has 26 heavy (non-hydrogen) atoms. The van der Waals surface area contributed by atoms with Gasteiger partial charge in [0.05, 0.1) is 12.2 Å². The van der Waals surface area contributed by atoms with Gasteiger partial charge in [0.25, 0.3) is 0 Å². The fourth-order valence-corrected chi connectivity index (χ4v) is 4.76. The lowest BCUT2D eigenvalue weighted by atomic mass is 9.95. The molecule has 2 aromatic rings.